The average molecular weight is 372 g/mol. The Kier molecular flexibility index (Phi) is 6.72. The Bertz CT molecular complexity index is 637. The smallest absolute Gasteiger partial charge is 0.234 e. The predicted octanol–water partition coefficient (Wildman–Crippen LogP) is 1.51. The topological polar surface area (TPSA) is 60.0 Å². The van der Waals surface area contributed by atoms with Gasteiger partial charge in [0.25, 0.3) is 0 Å². The molecule has 1 saturated carbocycles. The van der Waals surface area contributed by atoms with E-state index < -0.39 is 0 Å². The van der Waals surface area contributed by atoms with Gasteiger partial charge in [-0.05, 0) is 37.7 Å². The van der Waals surface area contributed by atoms with E-state index in [1.165, 1.54) is 12.0 Å². The van der Waals surface area contributed by atoms with Crippen LogP contribution < -0.4 is 10.6 Å². The van der Waals surface area contributed by atoms with Crippen LogP contribution in [0.2, 0.25) is 0 Å². The third kappa shape index (κ3) is 5.70. The summed E-state index contributed by atoms with van der Waals surface area (Å²) in [7, 11) is 1.85. The Balaban J connectivity index is 1.39. The van der Waals surface area contributed by atoms with Gasteiger partial charge in [0.15, 0.2) is 5.96 Å². The molecule has 1 aromatic rings. The maximum absolute atomic E-state index is 11.9. The molecule has 0 aromatic heterocycles. The number of benzene rings is 1. The lowest BCUT2D eigenvalue weighted by atomic mass is 10.1. The second-order valence-corrected chi connectivity index (χ2v) is 7.93. The van der Waals surface area contributed by atoms with E-state index in [2.05, 4.69) is 55.8 Å². The SMILES string of the molecule is CN=C(NCC1CC1c1ccccc1)N1CCN(CC(=O)NC(C)C)CC1. The van der Waals surface area contributed by atoms with Crippen molar-refractivity contribution in [3.05, 3.63) is 35.9 Å². The second kappa shape index (κ2) is 9.22. The molecule has 2 aliphatic rings. The number of rotatable bonds is 6. The molecule has 0 spiro atoms. The first-order chi connectivity index (χ1) is 13.1. The van der Waals surface area contributed by atoms with Crippen LogP contribution in [0.4, 0.5) is 0 Å². The fourth-order valence-corrected chi connectivity index (χ4v) is 3.82. The number of carbonyl (C=O) groups is 1. The summed E-state index contributed by atoms with van der Waals surface area (Å²) in [6, 6.07) is 11.0. The summed E-state index contributed by atoms with van der Waals surface area (Å²) in [4.78, 5) is 20.9. The van der Waals surface area contributed by atoms with Crippen molar-refractivity contribution >= 4 is 11.9 Å². The molecular formula is C21H33N5O. The molecule has 27 heavy (non-hydrogen) atoms. The molecule has 6 heteroatoms. The van der Waals surface area contributed by atoms with Crippen molar-refractivity contribution in [3.8, 4) is 0 Å². The van der Waals surface area contributed by atoms with Crippen LogP contribution >= 0.6 is 0 Å². The minimum atomic E-state index is 0.113. The number of carbonyl (C=O) groups excluding carboxylic acids is 1. The number of hydrogen-bond donors (Lipinski definition) is 2. The van der Waals surface area contributed by atoms with Crippen LogP contribution in [0.3, 0.4) is 0 Å². The highest BCUT2D eigenvalue weighted by atomic mass is 16.2. The Labute approximate surface area is 163 Å². The molecule has 3 rings (SSSR count). The van der Waals surface area contributed by atoms with Crippen molar-refractivity contribution in [1.29, 1.82) is 0 Å². The molecule has 1 aliphatic heterocycles. The molecular weight excluding hydrogens is 338 g/mol. The van der Waals surface area contributed by atoms with Gasteiger partial charge in [-0.15, -0.1) is 0 Å². The van der Waals surface area contributed by atoms with Crippen LogP contribution in [-0.4, -0.2) is 74.0 Å². The Hall–Kier alpha value is -2.08. The zero-order valence-electron chi connectivity index (χ0n) is 16.8. The van der Waals surface area contributed by atoms with Crippen LogP contribution in [0, 0.1) is 5.92 Å². The summed E-state index contributed by atoms with van der Waals surface area (Å²) < 4.78 is 0. The molecule has 2 fully saturated rings. The molecule has 1 aliphatic carbocycles. The Morgan fingerprint density at radius 3 is 2.52 bits per heavy atom. The molecule has 1 saturated heterocycles. The molecule has 1 aromatic carbocycles. The zero-order valence-corrected chi connectivity index (χ0v) is 16.8. The number of guanidine groups is 1. The van der Waals surface area contributed by atoms with Crippen LogP contribution in [-0.2, 0) is 4.79 Å². The highest BCUT2D eigenvalue weighted by Crippen LogP contribution is 2.46. The lowest BCUT2D eigenvalue weighted by Crippen LogP contribution is -2.54. The normalized spacial score (nSPS) is 23.4. The van der Waals surface area contributed by atoms with Gasteiger partial charge >= 0.3 is 0 Å². The van der Waals surface area contributed by atoms with E-state index in [-0.39, 0.29) is 11.9 Å². The number of nitrogens with zero attached hydrogens (tertiary/aromatic N) is 3. The second-order valence-electron chi connectivity index (χ2n) is 7.93. The van der Waals surface area contributed by atoms with E-state index in [4.69, 9.17) is 0 Å². The molecule has 0 radical (unpaired) electrons. The van der Waals surface area contributed by atoms with Gasteiger partial charge in [-0.1, -0.05) is 30.3 Å². The molecule has 2 atom stereocenters. The minimum absolute atomic E-state index is 0.113. The fraction of sp³-hybridized carbons (Fsp3) is 0.619. The minimum Gasteiger partial charge on any atom is -0.356 e. The van der Waals surface area contributed by atoms with Gasteiger partial charge in [0.05, 0.1) is 6.54 Å². The monoisotopic (exact) mass is 371 g/mol. The van der Waals surface area contributed by atoms with E-state index >= 15 is 0 Å². The van der Waals surface area contributed by atoms with Gasteiger partial charge in [-0.2, -0.15) is 0 Å². The van der Waals surface area contributed by atoms with E-state index in [0.717, 1.165) is 38.7 Å². The summed E-state index contributed by atoms with van der Waals surface area (Å²) in [6.07, 6.45) is 1.26. The van der Waals surface area contributed by atoms with Gasteiger partial charge in [-0.3, -0.25) is 14.7 Å². The molecule has 2 unspecified atom stereocenters. The van der Waals surface area contributed by atoms with Crippen molar-refractivity contribution in [1.82, 2.24) is 20.4 Å². The van der Waals surface area contributed by atoms with Crippen molar-refractivity contribution in [2.24, 2.45) is 10.9 Å². The van der Waals surface area contributed by atoms with Gasteiger partial charge in [0.2, 0.25) is 5.91 Å². The van der Waals surface area contributed by atoms with Gasteiger partial charge in [-0.25, -0.2) is 0 Å². The quantitative estimate of drug-likeness (QED) is 0.588. The van der Waals surface area contributed by atoms with Gasteiger partial charge < -0.3 is 15.5 Å². The molecule has 1 amide bonds. The summed E-state index contributed by atoms with van der Waals surface area (Å²) in [5.41, 5.74) is 1.45. The highest BCUT2D eigenvalue weighted by Gasteiger charge is 2.38. The predicted molar refractivity (Wildman–Crippen MR) is 110 cm³/mol. The first kappa shape index (κ1) is 19.7. The lowest BCUT2D eigenvalue weighted by molar-refractivity contribution is -0.123. The van der Waals surface area contributed by atoms with Crippen LogP contribution in [0.5, 0.6) is 0 Å². The van der Waals surface area contributed by atoms with E-state index in [9.17, 15) is 4.79 Å². The number of hydrogen-bond acceptors (Lipinski definition) is 3. The van der Waals surface area contributed by atoms with E-state index in [0.29, 0.717) is 18.4 Å². The first-order valence-electron chi connectivity index (χ1n) is 10.1. The largest absolute Gasteiger partial charge is 0.356 e. The Morgan fingerprint density at radius 2 is 1.89 bits per heavy atom. The van der Waals surface area contributed by atoms with Gasteiger partial charge in [0, 0.05) is 45.8 Å². The standard InChI is InChI=1S/C21H33N5O/c1-16(2)24-20(27)15-25-9-11-26(12-10-25)21(22-3)23-14-18-13-19(18)17-7-5-4-6-8-17/h4-8,16,18-19H,9-15H2,1-3H3,(H,22,23)(H,24,27). The van der Waals surface area contributed by atoms with Crippen molar-refractivity contribution in [3.63, 3.8) is 0 Å². The molecule has 1 heterocycles. The number of aliphatic imine (C=N–C) groups is 1. The van der Waals surface area contributed by atoms with Crippen LogP contribution in [0.1, 0.15) is 31.7 Å². The summed E-state index contributed by atoms with van der Waals surface area (Å²) in [5, 5.41) is 6.52. The number of piperazine rings is 1. The van der Waals surface area contributed by atoms with E-state index in [1.54, 1.807) is 0 Å². The lowest BCUT2D eigenvalue weighted by Gasteiger charge is -2.36. The average Bonchev–Trinajstić information content (AvgIpc) is 3.43. The zero-order chi connectivity index (χ0) is 19.2. The third-order valence-electron chi connectivity index (χ3n) is 5.37. The summed E-state index contributed by atoms with van der Waals surface area (Å²) in [5.74, 6) is 2.49. The summed E-state index contributed by atoms with van der Waals surface area (Å²) in [6.45, 7) is 9.04. The van der Waals surface area contributed by atoms with Crippen molar-refractivity contribution in [2.45, 2.75) is 32.2 Å². The number of nitrogens with one attached hydrogen (secondary N) is 2. The molecule has 148 valence electrons. The molecule has 2 N–H and O–H groups in total. The van der Waals surface area contributed by atoms with Crippen LogP contribution in [0.25, 0.3) is 0 Å². The first-order valence-corrected chi connectivity index (χ1v) is 10.1. The van der Waals surface area contributed by atoms with Crippen molar-refractivity contribution < 1.29 is 4.79 Å². The van der Waals surface area contributed by atoms with Crippen LogP contribution in [0.15, 0.2) is 35.3 Å². The molecule has 0 bridgehead atoms. The molecule has 6 nitrogen and oxygen atoms in total. The Morgan fingerprint density at radius 1 is 1.19 bits per heavy atom. The van der Waals surface area contributed by atoms with E-state index in [1.807, 2.05) is 20.9 Å². The maximum Gasteiger partial charge on any atom is 0.234 e. The highest BCUT2D eigenvalue weighted by molar-refractivity contribution is 5.80. The number of amides is 1. The maximum atomic E-state index is 11.9. The van der Waals surface area contributed by atoms with Gasteiger partial charge in [0.1, 0.15) is 0 Å². The fourth-order valence-electron chi connectivity index (χ4n) is 3.82. The third-order valence-corrected chi connectivity index (χ3v) is 5.37. The van der Waals surface area contributed by atoms with Crippen molar-refractivity contribution in [2.75, 3.05) is 46.3 Å². The summed E-state index contributed by atoms with van der Waals surface area (Å²) >= 11 is 0.